The molecule has 1 aromatic carbocycles. The van der Waals surface area contributed by atoms with Crippen LogP contribution in [0.5, 0.6) is 0 Å². The predicted octanol–water partition coefficient (Wildman–Crippen LogP) is 3.78. The zero-order valence-corrected chi connectivity index (χ0v) is 18.7. The normalized spacial score (nSPS) is 13.6. The van der Waals surface area contributed by atoms with Crippen LogP contribution < -0.4 is 10.2 Å². The summed E-state index contributed by atoms with van der Waals surface area (Å²) in [5, 5.41) is 8.32. The minimum Gasteiger partial charge on any atom is -0.356 e. The van der Waals surface area contributed by atoms with Gasteiger partial charge in [0.05, 0.1) is 5.69 Å². The number of aryl methyl sites for hydroxylation is 1. The van der Waals surface area contributed by atoms with E-state index in [1.54, 1.807) is 6.33 Å². The molecule has 7 nitrogen and oxygen atoms in total. The van der Waals surface area contributed by atoms with Gasteiger partial charge in [0.1, 0.15) is 12.1 Å². The van der Waals surface area contributed by atoms with Gasteiger partial charge in [-0.3, -0.25) is 4.79 Å². The molecule has 8 heteroatoms. The zero-order valence-electron chi connectivity index (χ0n) is 17.9. The van der Waals surface area contributed by atoms with Crippen molar-refractivity contribution in [1.29, 1.82) is 0 Å². The third-order valence-corrected chi connectivity index (χ3v) is 5.94. The first-order chi connectivity index (χ1) is 15.0. The van der Waals surface area contributed by atoms with Crippen molar-refractivity contribution in [3.05, 3.63) is 64.2 Å². The van der Waals surface area contributed by atoms with Gasteiger partial charge < -0.3 is 10.2 Å². The first-order valence-electron chi connectivity index (χ1n) is 10.6. The highest BCUT2D eigenvalue weighted by Gasteiger charge is 2.18. The van der Waals surface area contributed by atoms with E-state index < -0.39 is 0 Å². The van der Waals surface area contributed by atoms with E-state index in [9.17, 15) is 4.79 Å². The van der Waals surface area contributed by atoms with Crippen LogP contribution in [0.1, 0.15) is 41.8 Å². The maximum atomic E-state index is 12.4. The fourth-order valence-electron chi connectivity index (χ4n) is 4.01. The number of amides is 1. The fourth-order valence-corrected chi connectivity index (χ4v) is 4.22. The summed E-state index contributed by atoms with van der Waals surface area (Å²) in [7, 11) is 0. The molecule has 1 amide bonds. The summed E-state index contributed by atoms with van der Waals surface area (Å²) in [6.07, 6.45) is 5.02. The Morgan fingerprint density at radius 1 is 1.13 bits per heavy atom. The van der Waals surface area contributed by atoms with Gasteiger partial charge in [-0.2, -0.15) is 5.10 Å². The first-order valence-corrected chi connectivity index (χ1v) is 11.0. The topological polar surface area (TPSA) is 75.9 Å². The van der Waals surface area contributed by atoms with E-state index in [0.717, 1.165) is 47.2 Å². The van der Waals surface area contributed by atoms with Crippen LogP contribution in [0.2, 0.25) is 5.02 Å². The Balaban J connectivity index is 1.41. The number of hydrogen-bond donors (Lipinski definition) is 1. The molecule has 0 atom stereocenters. The summed E-state index contributed by atoms with van der Waals surface area (Å²) >= 11 is 6.00. The third-order valence-electron chi connectivity index (χ3n) is 5.71. The van der Waals surface area contributed by atoms with Crippen molar-refractivity contribution >= 4 is 23.3 Å². The van der Waals surface area contributed by atoms with Gasteiger partial charge in [0.2, 0.25) is 5.91 Å². The summed E-state index contributed by atoms with van der Waals surface area (Å²) in [5.41, 5.74) is 3.99. The van der Waals surface area contributed by atoms with Crippen molar-refractivity contribution in [2.45, 2.75) is 46.1 Å². The Labute approximate surface area is 187 Å². The molecule has 1 saturated heterocycles. The lowest BCUT2D eigenvalue weighted by Crippen LogP contribution is -2.23. The second kappa shape index (κ2) is 9.47. The van der Waals surface area contributed by atoms with Gasteiger partial charge in [-0.05, 0) is 56.4 Å². The second-order valence-corrected chi connectivity index (χ2v) is 8.33. The van der Waals surface area contributed by atoms with E-state index in [0.29, 0.717) is 24.4 Å². The number of rotatable bonds is 7. The first kappa shape index (κ1) is 21.3. The lowest BCUT2D eigenvalue weighted by atomic mass is 10.1. The molecule has 0 spiro atoms. The van der Waals surface area contributed by atoms with Gasteiger partial charge in [0.25, 0.3) is 0 Å². The second-order valence-electron chi connectivity index (χ2n) is 7.90. The molecule has 31 heavy (non-hydrogen) atoms. The monoisotopic (exact) mass is 438 g/mol. The summed E-state index contributed by atoms with van der Waals surface area (Å²) in [5.74, 6) is 1.70. The SMILES string of the molecule is Cc1nn(-c2cc(N3CCCC3)ncn2)c(C)c1CCC(=O)NCc1cccc(Cl)c1. The van der Waals surface area contributed by atoms with E-state index in [1.807, 2.05) is 48.9 Å². The van der Waals surface area contributed by atoms with Crippen LogP contribution in [0, 0.1) is 13.8 Å². The molecule has 0 radical (unpaired) electrons. The predicted molar refractivity (Wildman–Crippen MR) is 122 cm³/mol. The van der Waals surface area contributed by atoms with E-state index in [-0.39, 0.29) is 5.91 Å². The highest BCUT2D eigenvalue weighted by Crippen LogP contribution is 2.22. The van der Waals surface area contributed by atoms with Crippen molar-refractivity contribution in [1.82, 2.24) is 25.1 Å². The molecule has 1 N–H and O–H groups in total. The van der Waals surface area contributed by atoms with Crippen molar-refractivity contribution in [3.63, 3.8) is 0 Å². The Morgan fingerprint density at radius 3 is 2.68 bits per heavy atom. The van der Waals surface area contributed by atoms with Crippen molar-refractivity contribution in [3.8, 4) is 5.82 Å². The van der Waals surface area contributed by atoms with Crippen LogP contribution in [0.3, 0.4) is 0 Å². The number of aromatic nitrogens is 4. The lowest BCUT2D eigenvalue weighted by Gasteiger charge is -2.16. The molecule has 3 aromatic rings. The Bertz CT molecular complexity index is 1070. The Morgan fingerprint density at radius 2 is 1.90 bits per heavy atom. The molecule has 0 saturated carbocycles. The molecule has 3 heterocycles. The summed E-state index contributed by atoms with van der Waals surface area (Å²) < 4.78 is 1.86. The van der Waals surface area contributed by atoms with Gasteiger partial charge in [0, 0.05) is 42.8 Å². The molecule has 1 aliphatic heterocycles. The van der Waals surface area contributed by atoms with Crippen LogP contribution >= 0.6 is 11.6 Å². The van der Waals surface area contributed by atoms with Crippen LogP contribution in [-0.4, -0.2) is 38.7 Å². The van der Waals surface area contributed by atoms with E-state index in [1.165, 1.54) is 12.8 Å². The summed E-state index contributed by atoms with van der Waals surface area (Å²) in [6, 6.07) is 9.50. The maximum Gasteiger partial charge on any atom is 0.220 e. The number of benzene rings is 1. The number of halogens is 1. The van der Waals surface area contributed by atoms with Crippen LogP contribution in [0.4, 0.5) is 5.82 Å². The lowest BCUT2D eigenvalue weighted by molar-refractivity contribution is -0.121. The van der Waals surface area contributed by atoms with E-state index >= 15 is 0 Å². The van der Waals surface area contributed by atoms with Crippen LogP contribution in [-0.2, 0) is 17.8 Å². The highest BCUT2D eigenvalue weighted by molar-refractivity contribution is 6.30. The summed E-state index contributed by atoms with van der Waals surface area (Å²) in [4.78, 5) is 23.5. The number of carbonyl (C=O) groups excluding carboxylic acids is 1. The van der Waals surface area contributed by atoms with Crippen molar-refractivity contribution in [2.75, 3.05) is 18.0 Å². The average Bonchev–Trinajstić information content (AvgIpc) is 3.40. The Kier molecular flexibility index (Phi) is 6.51. The highest BCUT2D eigenvalue weighted by atomic mass is 35.5. The number of anilines is 1. The molecule has 1 aliphatic rings. The standard InChI is InChI=1S/C23H27ClN6O/c1-16-20(8-9-23(31)25-14-18-6-5-7-19(24)12-18)17(2)30(28-16)22-13-21(26-15-27-22)29-10-3-4-11-29/h5-7,12-13,15H,3-4,8-11,14H2,1-2H3,(H,25,31). The smallest absolute Gasteiger partial charge is 0.220 e. The molecule has 0 bridgehead atoms. The zero-order chi connectivity index (χ0) is 21.8. The molecule has 162 valence electrons. The fraction of sp³-hybridized carbons (Fsp3) is 0.391. The van der Waals surface area contributed by atoms with Crippen LogP contribution in [0.25, 0.3) is 5.82 Å². The number of carbonyl (C=O) groups is 1. The third kappa shape index (κ3) is 5.05. The molecular weight excluding hydrogens is 412 g/mol. The quantitative estimate of drug-likeness (QED) is 0.607. The van der Waals surface area contributed by atoms with Crippen molar-refractivity contribution < 1.29 is 4.79 Å². The van der Waals surface area contributed by atoms with E-state index in [4.69, 9.17) is 16.7 Å². The molecule has 2 aromatic heterocycles. The van der Waals surface area contributed by atoms with Gasteiger partial charge in [-0.15, -0.1) is 0 Å². The van der Waals surface area contributed by atoms with Gasteiger partial charge in [-0.1, -0.05) is 23.7 Å². The molecule has 1 fully saturated rings. The maximum absolute atomic E-state index is 12.4. The molecule has 0 unspecified atom stereocenters. The van der Waals surface area contributed by atoms with Gasteiger partial charge >= 0.3 is 0 Å². The van der Waals surface area contributed by atoms with Gasteiger partial charge in [0.15, 0.2) is 5.82 Å². The summed E-state index contributed by atoms with van der Waals surface area (Å²) in [6.45, 7) is 6.53. The van der Waals surface area contributed by atoms with Gasteiger partial charge in [-0.25, -0.2) is 14.6 Å². The molecule has 0 aliphatic carbocycles. The molecule has 4 rings (SSSR count). The number of nitrogens with one attached hydrogen (secondary N) is 1. The number of nitrogens with zero attached hydrogens (tertiary/aromatic N) is 5. The minimum atomic E-state index is 0.00452. The minimum absolute atomic E-state index is 0.00452. The Hall–Kier alpha value is -2.93. The van der Waals surface area contributed by atoms with E-state index in [2.05, 4.69) is 20.2 Å². The average molecular weight is 439 g/mol. The molecular formula is C23H27ClN6O. The largest absolute Gasteiger partial charge is 0.356 e. The number of hydrogen-bond acceptors (Lipinski definition) is 5. The van der Waals surface area contributed by atoms with Crippen LogP contribution in [0.15, 0.2) is 36.7 Å². The van der Waals surface area contributed by atoms with Crippen molar-refractivity contribution in [2.24, 2.45) is 0 Å².